The molecule has 3 aromatic carbocycles. The highest BCUT2D eigenvalue weighted by molar-refractivity contribution is 5.92. The maximum absolute atomic E-state index is 14.3. The molecule has 1 aliphatic heterocycles. The number of urea groups is 1. The number of nitrogens with one attached hydrogen (secondary N) is 1. The number of anilines is 1. The Morgan fingerprint density at radius 1 is 0.925 bits per heavy atom. The van der Waals surface area contributed by atoms with E-state index in [0.717, 1.165) is 39.6 Å². The Morgan fingerprint density at radius 3 is 2.50 bits per heavy atom. The average Bonchev–Trinajstić information content (AvgIpc) is 3.53. The van der Waals surface area contributed by atoms with Gasteiger partial charge in [0.25, 0.3) is 0 Å². The monoisotopic (exact) mass is 533 g/mol. The fraction of sp³-hybridized carbons (Fsp3) is 0.188. The minimum Gasteiger partial charge on any atom is -0.497 e. The summed E-state index contributed by atoms with van der Waals surface area (Å²) < 4.78 is 15.1. The van der Waals surface area contributed by atoms with Crippen molar-refractivity contribution in [2.75, 3.05) is 19.5 Å². The van der Waals surface area contributed by atoms with E-state index >= 15 is 0 Å². The fourth-order valence-corrected chi connectivity index (χ4v) is 5.44. The van der Waals surface area contributed by atoms with Crippen molar-refractivity contribution in [1.82, 2.24) is 19.2 Å². The number of hydrogen-bond donors (Lipinski definition) is 1. The molecule has 3 heterocycles. The van der Waals surface area contributed by atoms with Crippen LogP contribution in [0.5, 0.6) is 11.5 Å². The number of carbonyl (C=O) groups excluding carboxylic acids is 1. The summed E-state index contributed by atoms with van der Waals surface area (Å²) in [4.78, 5) is 16.1. The van der Waals surface area contributed by atoms with Gasteiger partial charge in [-0.05, 0) is 55.8 Å². The number of para-hydroxylation sites is 1. The number of aryl methyl sites for hydroxylation is 2. The van der Waals surface area contributed by atoms with Gasteiger partial charge in [-0.15, -0.1) is 0 Å². The second-order valence-corrected chi connectivity index (χ2v) is 9.88. The first-order valence-corrected chi connectivity index (χ1v) is 13.2. The molecule has 1 N–H and O–H groups in total. The van der Waals surface area contributed by atoms with Gasteiger partial charge in [0.2, 0.25) is 0 Å². The van der Waals surface area contributed by atoms with E-state index in [0.29, 0.717) is 23.7 Å². The Labute approximate surface area is 233 Å². The molecule has 0 spiro atoms. The maximum Gasteiger partial charge on any atom is 0.323 e. The molecule has 1 atom stereocenters. The molecular formula is C32H31N5O3. The van der Waals surface area contributed by atoms with E-state index in [4.69, 9.17) is 14.6 Å². The van der Waals surface area contributed by atoms with E-state index < -0.39 is 0 Å². The van der Waals surface area contributed by atoms with Crippen LogP contribution in [0.2, 0.25) is 0 Å². The van der Waals surface area contributed by atoms with Crippen molar-refractivity contribution < 1.29 is 14.3 Å². The molecule has 2 amide bonds. The van der Waals surface area contributed by atoms with Gasteiger partial charge in [0.05, 0.1) is 49.6 Å². The van der Waals surface area contributed by atoms with E-state index in [2.05, 4.69) is 41.1 Å². The topological polar surface area (TPSA) is 73.6 Å². The standard InChI is InChI=1S/C32H31N5O3/c1-21-10-8-11-23(18-21)30-28-14-9-17-35(28)31-26(22(2)34-37(31)24-12-6-5-7-13-24)20-36(30)32(38)33-27-19-25(39-3)15-16-29(27)40-4/h5-19,30H,20H2,1-4H3,(H,33,38)/t30-/m1/s1. The van der Waals surface area contributed by atoms with Crippen LogP contribution in [0.15, 0.2) is 91.1 Å². The van der Waals surface area contributed by atoms with Gasteiger partial charge in [-0.2, -0.15) is 5.10 Å². The fourth-order valence-electron chi connectivity index (χ4n) is 5.44. The number of nitrogens with zero attached hydrogens (tertiary/aromatic N) is 4. The highest BCUT2D eigenvalue weighted by atomic mass is 16.5. The maximum atomic E-state index is 14.3. The largest absolute Gasteiger partial charge is 0.497 e. The predicted octanol–water partition coefficient (Wildman–Crippen LogP) is 6.43. The Kier molecular flexibility index (Phi) is 6.51. The second kappa shape index (κ2) is 10.3. The van der Waals surface area contributed by atoms with Crippen molar-refractivity contribution in [1.29, 1.82) is 0 Å². The molecule has 8 heteroatoms. The zero-order valence-electron chi connectivity index (χ0n) is 23.0. The summed E-state index contributed by atoms with van der Waals surface area (Å²) in [6.45, 7) is 4.42. The Bertz CT molecular complexity index is 1690. The van der Waals surface area contributed by atoms with Gasteiger partial charge in [0.15, 0.2) is 0 Å². The molecule has 0 radical (unpaired) electrons. The number of ether oxygens (including phenoxy) is 2. The second-order valence-electron chi connectivity index (χ2n) is 9.88. The molecule has 0 saturated carbocycles. The van der Waals surface area contributed by atoms with Crippen LogP contribution in [-0.2, 0) is 6.54 Å². The molecule has 0 fully saturated rings. The molecule has 202 valence electrons. The number of rotatable bonds is 5. The number of methoxy groups -OCH3 is 2. The summed E-state index contributed by atoms with van der Waals surface area (Å²) in [5, 5.41) is 8.03. The lowest BCUT2D eigenvalue weighted by Gasteiger charge is -2.31. The number of amides is 2. The average molecular weight is 534 g/mol. The van der Waals surface area contributed by atoms with E-state index in [1.807, 2.05) is 65.2 Å². The molecule has 2 aromatic heterocycles. The molecule has 0 saturated heterocycles. The normalized spacial score (nSPS) is 14.2. The van der Waals surface area contributed by atoms with Gasteiger partial charge < -0.3 is 24.3 Å². The third kappa shape index (κ3) is 4.37. The van der Waals surface area contributed by atoms with Crippen LogP contribution in [-0.4, -0.2) is 39.5 Å². The summed E-state index contributed by atoms with van der Waals surface area (Å²) in [5.74, 6) is 2.10. The molecular weight excluding hydrogens is 502 g/mol. The first-order valence-electron chi connectivity index (χ1n) is 13.2. The van der Waals surface area contributed by atoms with Crippen LogP contribution in [0, 0.1) is 13.8 Å². The molecule has 40 heavy (non-hydrogen) atoms. The number of hydrogen-bond acceptors (Lipinski definition) is 4. The summed E-state index contributed by atoms with van der Waals surface area (Å²) in [5.41, 5.74) is 6.44. The third-order valence-electron chi connectivity index (χ3n) is 7.35. The van der Waals surface area contributed by atoms with Crippen LogP contribution in [0.3, 0.4) is 0 Å². The Hall–Kier alpha value is -4.98. The highest BCUT2D eigenvalue weighted by Crippen LogP contribution is 2.39. The van der Waals surface area contributed by atoms with E-state index in [1.54, 1.807) is 32.4 Å². The van der Waals surface area contributed by atoms with E-state index in [9.17, 15) is 4.79 Å². The first-order chi connectivity index (χ1) is 19.5. The quantitative estimate of drug-likeness (QED) is 0.282. The molecule has 0 aliphatic carbocycles. The van der Waals surface area contributed by atoms with Crippen LogP contribution in [0.1, 0.15) is 34.1 Å². The Morgan fingerprint density at radius 2 is 1.75 bits per heavy atom. The lowest BCUT2D eigenvalue weighted by atomic mass is 10.00. The summed E-state index contributed by atoms with van der Waals surface area (Å²) in [6, 6.07) is 27.2. The molecule has 0 unspecified atom stereocenters. The highest BCUT2D eigenvalue weighted by Gasteiger charge is 2.36. The summed E-state index contributed by atoms with van der Waals surface area (Å²) in [7, 11) is 3.18. The lowest BCUT2D eigenvalue weighted by molar-refractivity contribution is 0.194. The minimum absolute atomic E-state index is 0.259. The predicted molar refractivity (Wildman–Crippen MR) is 155 cm³/mol. The van der Waals surface area contributed by atoms with Crippen molar-refractivity contribution >= 4 is 11.7 Å². The van der Waals surface area contributed by atoms with Gasteiger partial charge in [-0.25, -0.2) is 9.48 Å². The number of fused-ring (bicyclic) bond motifs is 3. The van der Waals surface area contributed by atoms with E-state index in [-0.39, 0.29) is 12.1 Å². The van der Waals surface area contributed by atoms with Gasteiger partial charge in [-0.3, -0.25) is 0 Å². The van der Waals surface area contributed by atoms with Crippen LogP contribution < -0.4 is 14.8 Å². The van der Waals surface area contributed by atoms with Gasteiger partial charge in [0.1, 0.15) is 17.3 Å². The zero-order chi connectivity index (χ0) is 27.8. The molecule has 0 bridgehead atoms. The van der Waals surface area contributed by atoms with Crippen molar-refractivity contribution in [3.8, 4) is 23.0 Å². The summed E-state index contributed by atoms with van der Waals surface area (Å²) in [6.07, 6.45) is 2.05. The first kappa shape index (κ1) is 25.3. The summed E-state index contributed by atoms with van der Waals surface area (Å²) >= 11 is 0. The zero-order valence-corrected chi connectivity index (χ0v) is 23.0. The molecule has 6 rings (SSSR count). The van der Waals surface area contributed by atoms with Crippen molar-refractivity contribution in [3.05, 3.63) is 119 Å². The lowest BCUT2D eigenvalue weighted by Crippen LogP contribution is -2.38. The number of carbonyl (C=O) groups is 1. The van der Waals surface area contributed by atoms with Crippen LogP contribution >= 0.6 is 0 Å². The van der Waals surface area contributed by atoms with Gasteiger partial charge in [-0.1, -0.05) is 48.0 Å². The van der Waals surface area contributed by atoms with Gasteiger partial charge >= 0.3 is 6.03 Å². The van der Waals surface area contributed by atoms with Crippen molar-refractivity contribution in [3.63, 3.8) is 0 Å². The number of aromatic nitrogens is 3. The minimum atomic E-state index is -0.359. The molecule has 5 aromatic rings. The SMILES string of the molecule is COc1ccc(OC)c(NC(=O)N2Cc3c(C)nn(-c4ccccc4)c3-n3cccc3[C@H]2c2cccc(C)c2)c1. The smallest absolute Gasteiger partial charge is 0.323 e. The van der Waals surface area contributed by atoms with Crippen LogP contribution in [0.4, 0.5) is 10.5 Å². The Balaban J connectivity index is 1.53. The molecule has 8 nitrogen and oxygen atoms in total. The van der Waals surface area contributed by atoms with Crippen molar-refractivity contribution in [2.45, 2.75) is 26.4 Å². The van der Waals surface area contributed by atoms with Crippen LogP contribution in [0.25, 0.3) is 11.5 Å². The third-order valence-corrected chi connectivity index (χ3v) is 7.35. The van der Waals surface area contributed by atoms with Crippen molar-refractivity contribution in [2.24, 2.45) is 0 Å². The van der Waals surface area contributed by atoms with E-state index in [1.165, 1.54) is 0 Å². The number of benzene rings is 3. The van der Waals surface area contributed by atoms with Gasteiger partial charge in [0, 0.05) is 17.8 Å². The molecule has 1 aliphatic rings.